The largest absolute Gasteiger partial charge is 0.496 e. The van der Waals surface area contributed by atoms with E-state index in [-0.39, 0.29) is 18.4 Å². The molecule has 206 valence electrons. The monoisotopic (exact) mass is 581 g/mol. The van der Waals surface area contributed by atoms with Crippen LogP contribution in [0.3, 0.4) is 0 Å². The summed E-state index contributed by atoms with van der Waals surface area (Å²) in [6.07, 6.45) is 0. The van der Waals surface area contributed by atoms with Gasteiger partial charge in [-0.15, -0.1) is 23.1 Å². The molecule has 2 amide bonds. The van der Waals surface area contributed by atoms with Crippen molar-refractivity contribution in [3.63, 3.8) is 0 Å². The fourth-order valence-electron chi connectivity index (χ4n) is 4.03. The summed E-state index contributed by atoms with van der Waals surface area (Å²) in [6.45, 7) is -0.110. The lowest BCUT2D eigenvalue weighted by Gasteiger charge is -2.17. The minimum Gasteiger partial charge on any atom is -0.496 e. The molecule has 0 fully saturated rings. The summed E-state index contributed by atoms with van der Waals surface area (Å²) in [5.41, 5.74) is 3.05. The fourth-order valence-corrected chi connectivity index (χ4v) is 5.83. The second-order valence-corrected chi connectivity index (χ2v) is 10.9. The molecule has 5 aromatic rings. The molecular weight excluding hydrogens is 555 g/mol. The van der Waals surface area contributed by atoms with Crippen LogP contribution in [0.2, 0.25) is 0 Å². The second-order valence-electron chi connectivity index (χ2n) is 8.81. The maximum absolute atomic E-state index is 13.6. The standard InChI is InChI=1S/C32H27N3O4S2/c1-38-28-18-9-8-17-26(28)27-21-40-32(34-27)35-31(37)30(22-11-4-2-5-12-22)41-25-16-10-13-23(19-25)33-29(36)20-39-24-14-6-3-7-15-24/h2-19,21,30H,20H2,1H3,(H,33,36)(H,34,35,37). The number of rotatable bonds is 11. The third kappa shape index (κ3) is 7.53. The Labute approximate surface area is 246 Å². The summed E-state index contributed by atoms with van der Waals surface area (Å²) in [7, 11) is 1.62. The zero-order valence-corrected chi connectivity index (χ0v) is 23.8. The Balaban J connectivity index is 1.28. The third-order valence-corrected chi connectivity index (χ3v) is 7.95. The van der Waals surface area contributed by atoms with Crippen LogP contribution in [0.15, 0.2) is 119 Å². The van der Waals surface area contributed by atoms with Crippen molar-refractivity contribution < 1.29 is 19.1 Å². The number of ether oxygens (including phenoxy) is 2. The molecule has 41 heavy (non-hydrogen) atoms. The number of thioether (sulfide) groups is 1. The predicted octanol–water partition coefficient (Wildman–Crippen LogP) is 7.31. The molecule has 2 N–H and O–H groups in total. The van der Waals surface area contributed by atoms with Gasteiger partial charge in [0.15, 0.2) is 11.7 Å². The van der Waals surface area contributed by atoms with E-state index in [2.05, 4.69) is 15.6 Å². The Morgan fingerprint density at radius 2 is 1.61 bits per heavy atom. The van der Waals surface area contributed by atoms with Crippen LogP contribution in [0.25, 0.3) is 11.3 Å². The average Bonchev–Trinajstić information content (AvgIpc) is 3.48. The summed E-state index contributed by atoms with van der Waals surface area (Å²) >= 11 is 2.75. The summed E-state index contributed by atoms with van der Waals surface area (Å²) < 4.78 is 11.0. The van der Waals surface area contributed by atoms with Gasteiger partial charge in [0.1, 0.15) is 16.7 Å². The van der Waals surface area contributed by atoms with E-state index in [9.17, 15) is 9.59 Å². The minimum atomic E-state index is -0.554. The van der Waals surface area contributed by atoms with Crippen LogP contribution in [-0.4, -0.2) is 30.5 Å². The van der Waals surface area contributed by atoms with Gasteiger partial charge in [-0.2, -0.15) is 0 Å². The topological polar surface area (TPSA) is 89.6 Å². The van der Waals surface area contributed by atoms with Gasteiger partial charge in [0, 0.05) is 21.5 Å². The highest BCUT2D eigenvalue weighted by molar-refractivity contribution is 8.00. The molecule has 0 aliphatic carbocycles. The molecule has 0 aliphatic heterocycles. The number of anilines is 2. The van der Waals surface area contributed by atoms with Gasteiger partial charge in [-0.3, -0.25) is 9.59 Å². The number of nitrogens with zero attached hydrogens (tertiary/aromatic N) is 1. The van der Waals surface area contributed by atoms with Crippen LogP contribution in [0.5, 0.6) is 11.5 Å². The van der Waals surface area contributed by atoms with Crippen molar-refractivity contribution in [2.75, 3.05) is 24.4 Å². The molecule has 1 aromatic heterocycles. The Hall–Kier alpha value is -4.60. The Morgan fingerprint density at radius 3 is 2.39 bits per heavy atom. The summed E-state index contributed by atoms with van der Waals surface area (Å²) in [5, 5.41) is 7.69. The second kappa shape index (κ2) is 13.6. The van der Waals surface area contributed by atoms with Crippen molar-refractivity contribution in [3.05, 3.63) is 120 Å². The van der Waals surface area contributed by atoms with Crippen molar-refractivity contribution in [3.8, 4) is 22.8 Å². The van der Waals surface area contributed by atoms with Crippen molar-refractivity contribution in [1.82, 2.24) is 4.98 Å². The molecule has 1 atom stereocenters. The van der Waals surface area contributed by atoms with Crippen LogP contribution >= 0.6 is 23.1 Å². The van der Waals surface area contributed by atoms with Crippen LogP contribution in [0.4, 0.5) is 10.8 Å². The van der Waals surface area contributed by atoms with E-state index in [0.29, 0.717) is 22.3 Å². The molecule has 0 saturated carbocycles. The number of methoxy groups -OCH3 is 1. The molecule has 1 heterocycles. The molecule has 0 spiro atoms. The maximum Gasteiger partial charge on any atom is 0.262 e. The molecular formula is C32H27N3O4S2. The van der Waals surface area contributed by atoms with E-state index in [1.165, 1.54) is 23.1 Å². The maximum atomic E-state index is 13.6. The van der Waals surface area contributed by atoms with Crippen LogP contribution in [0, 0.1) is 0 Å². The highest BCUT2D eigenvalue weighted by Gasteiger charge is 2.24. The first-order valence-electron chi connectivity index (χ1n) is 12.8. The number of carbonyl (C=O) groups excluding carboxylic acids is 2. The van der Waals surface area contributed by atoms with Crippen LogP contribution < -0.4 is 20.1 Å². The number of aromatic nitrogens is 1. The molecule has 0 saturated heterocycles. The third-order valence-electron chi connectivity index (χ3n) is 5.94. The lowest BCUT2D eigenvalue weighted by atomic mass is 10.1. The van der Waals surface area contributed by atoms with Gasteiger partial charge >= 0.3 is 0 Å². The fraction of sp³-hybridized carbons (Fsp3) is 0.0938. The van der Waals surface area contributed by atoms with Gasteiger partial charge in [-0.25, -0.2) is 4.98 Å². The lowest BCUT2D eigenvalue weighted by Crippen LogP contribution is -2.20. The smallest absolute Gasteiger partial charge is 0.262 e. The Morgan fingerprint density at radius 1 is 0.878 bits per heavy atom. The quantitative estimate of drug-likeness (QED) is 0.159. The van der Waals surface area contributed by atoms with Crippen LogP contribution in [-0.2, 0) is 9.59 Å². The van der Waals surface area contributed by atoms with E-state index < -0.39 is 5.25 Å². The number of hydrogen-bond donors (Lipinski definition) is 2. The molecule has 1 unspecified atom stereocenters. The normalized spacial score (nSPS) is 11.3. The number of hydrogen-bond acceptors (Lipinski definition) is 7. The van der Waals surface area contributed by atoms with Crippen molar-refractivity contribution >= 4 is 45.7 Å². The molecule has 0 bridgehead atoms. The van der Waals surface area contributed by atoms with Crippen molar-refractivity contribution in [1.29, 1.82) is 0 Å². The van der Waals surface area contributed by atoms with E-state index >= 15 is 0 Å². The SMILES string of the molecule is COc1ccccc1-c1csc(NC(=O)C(Sc2cccc(NC(=O)COc3ccccc3)c2)c2ccccc2)n1. The van der Waals surface area contributed by atoms with Gasteiger partial charge in [0.25, 0.3) is 5.91 Å². The van der Waals surface area contributed by atoms with Gasteiger partial charge in [-0.05, 0) is 48.0 Å². The van der Waals surface area contributed by atoms with E-state index in [0.717, 1.165) is 21.7 Å². The first-order chi connectivity index (χ1) is 20.1. The molecule has 0 aliphatic rings. The molecule has 9 heteroatoms. The van der Waals surface area contributed by atoms with Gasteiger partial charge in [0.05, 0.1) is 12.8 Å². The van der Waals surface area contributed by atoms with Crippen molar-refractivity contribution in [2.45, 2.75) is 10.1 Å². The zero-order chi connectivity index (χ0) is 28.4. The van der Waals surface area contributed by atoms with Crippen LogP contribution in [0.1, 0.15) is 10.8 Å². The average molecular weight is 582 g/mol. The minimum absolute atomic E-state index is 0.110. The summed E-state index contributed by atoms with van der Waals surface area (Å²) in [5.74, 6) is 0.863. The van der Waals surface area contributed by atoms with E-state index in [1.54, 1.807) is 25.3 Å². The number of nitrogens with one attached hydrogen (secondary N) is 2. The number of amides is 2. The summed E-state index contributed by atoms with van der Waals surface area (Å²) in [6, 6.07) is 33.8. The Bertz CT molecular complexity index is 1610. The van der Waals surface area contributed by atoms with Gasteiger partial charge in [0.2, 0.25) is 5.91 Å². The number of carbonyl (C=O) groups is 2. The first-order valence-corrected chi connectivity index (χ1v) is 14.5. The number of thiazole rings is 1. The molecule has 4 aromatic carbocycles. The molecule has 0 radical (unpaired) electrons. The van der Waals surface area contributed by atoms with Crippen molar-refractivity contribution in [2.24, 2.45) is 0 Å². The highest BCUT2D eigenvalue weighted by atomic mass is 32.2. The summed E-state index contributed by atoms with van der Waals surface area (Å²) in [4.78, 5) is 31.5. The van der Waals surface area contributed by atoms with Gasteiger partial charge in [-0.1, -0.05) is 66.7 Å². The van der Waals surface area contributed by atoms with Gasteiger partial charge < -0.3 is 20.1 Å². The van der Waals surface area contributed by atoms with E-state index in [1.807, 2.05) is 96.4 Å². The zero-order valence-electron chi connectivity index (χ0n) is 22.2. The predicted molar refractivity (Wildman–Crippen MR) is 165 cm³/mol. The Kier molecular flexibility index (Phi) is 9.30. The number of para-hydroxylation sites is 2. The highest BCUT2D eigenvalue weighted by Crippen LogP contribution is 2.38. The lowest BCUT2D eigenvalue weighted by molar-refractivity contribution is -0.118. The number of benzene rings is 4. The molecule has 5 rings (SSSR count). The first kappa shape index (κ1) is 27.9. The van der Waals surface area contributed by atoms with E-state index in [4.69, 9.17) is 9.47 Å². The molecule has 7 nitrogen and oxygen atoms in total.